The number of aromatic nitrogens is 3. The molecule has 0 aliphatic carbocycles. The van der Waals surface area contributed by atoms with Gasteiger partial charge in [0.15, 0.2) is 11.0 Å². The van der Waals surface area contributed by atoms with E-state index in [1.807, 2.05) is 48.5 Å². The van der Waals surface area contributed by atoms with Gasteiger partial charge in [-0.1, -0.05) is 67.2 Å². The highest BCUT2D eigenvalue weighted by Crippen LogP contribution is 2.26. The lowest BCUT2D eigenvalue weighted by Gasteiger charge is -2.23. The van der Waals surface area contributed by atoms with Gasteiger partial charge in [0.05, 0.1) is 18.3 Å². The molecule has 1 atom stereocenters. The van der Waals surface area contributed by atoms with Crippen molar-refractivity contribution in [2.75, 3.05) is 31.8 Å². The van der Waals surface area contributed by atoms with Crippen LogP contribution in [0.15, 0.2) is 65.8 Å². The van der Waals surface area contributed by atoms with E-state index in [1.54, 1.807) is 11.9 Å². The van der Waals surface area contributed by atoms with Crippen molar-refractivity contribution < 1.29 is 4.79 Å². The van der Waals surface area contributed by atoms with Crippen molar-refractivity contribution in [3.05, 3.63) is 72.1 Å². The van der Waals surface area contributed by atoms with E-state index in [1.165, 1.54) is 17.3 Å². The number of carbonyl (C=O) groups is 1. The van der Waals surface area contributed by atoms with Crippen LogP contribution in [0.4, 0.5) is 5.69 Å². The molecule has 0 aliphatic rings. The molecule has 2 aromatic carbocycles. The summed E-state index contributed by atoms with van der Waals surface area (Å²) in [5, 5.41) is 9.72. The van der Waals surface area contributed by atoms with E-state index in [0.717, 1.165) is 23.1 Å². The van der Waals surface area contributed by atoms with E-state index >= 15 is 0 Å². The number of para-hydroxylation sites is 1. The van der Waals surface area contributed by atoms with Crippen LogP contribution in [0.2, 0.25) is 0 Å². The highest BCUT2D eigenvalue weighted by molar-refractivity contribution is 7.99. The molecule has 0 spiro atoms. The second kappa shape index (κ2) is 10.4. The van der Waals surface area contributed by atoms with Crippen molar-refractivity contribution >= 4 is 23.4 Å². The molecule has 0 fully saturated rings. The number of thioether (sulfide) groups is 1. The number of hydrogen-bond donors (Lipinski definition) is 0. The molecule has 7 heteroatoms. The van der Waals surface area contributed by atoms with Gasteiger partial charge in [0.2, 0.25) is 5.91 Å². The minimum absolute atomic E-state index is 0.0293. The molecule has 158 valence electrons. The summed E-state index contributed by atoms with van der Waals surface area (Å²) in [7, 11) is 5.92. The molecule has 0 saturated heterocycles. The van der Waals surface area contributed by atoms with Crippen molar-refractivity contribution in [2.24, 2.45) is 0 Å². The Bertz CT molecular complexity index is 943. The Morgan fingerprint density at radius 3 is 2.23 bits per heavy atom. The lowest BCUT2D eigenvalue weighted by molar-refractivity contribution is -0.115. The average Bonchev–Trinajstić information content (AvgIpc) is 3.15. The molecule has 3 rings (SSSR count). The molecule has 0 unspecified atom stereocenters. The maximum absolute atomic E-state index is 12.7. The number of hydrogen-bond acceptors (Lipinski definition) is 5. The predicted octanol–water partition coefficient (Wildman–Crippen LogP) is 4.09. The zero-order chi connectivity index (χ0) is 21.5. The molecule has 1 heterocycles. The number of carbonyl (C=O) groups excluding carboxylic acids is 1. The summed E-state index contributed by atoms with van der Waals surface area (Å²) >= 11 is 1.44. The molecule has 6 nitrogen and oxygen atoms in total. The molecular weight excluding hydrogens is 394 g/mol. The van der Waals surface area contributed by atoms with E-state index in [4.69, 9.17) is 0 Å². The van der Waals surface area contributed by atoms with Gasteiger partial charge in [0.25, 0.3) is 0 Å². The molecule has 0 N–H and O–H groups in total. The fraction of sp³-hybridized carbons (Fsp3) is 0.348. The van der Waals surface area contributed by atoms with Gasteiger partial charge in [-0.2, -0.15) is 0 Å². The lowest BCUT2D eigenvalue weighted by atomic mass is 10.2. The van der Waals surface area contributed by atoms with Crippen LogP contribution < -0.4 is 4.90 Å². The minimum atomic E-state index is 0.0293. The first-order valence-electron chi connectivity index (χ1n) is 10.1. The molecule has 0 aliphatic heterocycles. The Balaban J connectivity index is 1.81. The second-order valence-corrected chi connectivity index (χ2v) is 8.32. The SMILES string of the molecule is CC[C@@H](c1nnc(SCC(=O)N(C)c2ccccc2)n1Cc1ccccc1)N(C)C. The van der Waals surface area contributed by atoms with E-state index in [2.05, 4.69) is 52.8 Å². The van der Waals surface area contributed by atoms with Crippen LogP contribution in [0.3, 0.4) is 0 Å². The number of rotatable bonds is 9. The third kappa shape index (κ3) is 5.29. The smallest absolute Gasteiger partial charge is 0.237 e. The van der Waals surface area contributed by atoms with Crippen LogP contribution in [0.25, 0.3) is 0 Å². The van der Waals surface area contributed by atoms with Crippen molar-refractivity contribution in [3.63, 3.8) is 0 Å². The summed E-state index contributed by atoms with van der Waals surface area (Å²) in [6, 6.07) is 20.1. The maximum atomic E-state index is 12.7. The molecule has 30 heavy (non-hydrogen) atoms. The van der Waals surface area contributed by atoms with Crippen LogP contribution in [0.1, 0.15) is 30.8 Å². The number of nitrogens with zero attached hydrogens (tertiary/aromatic N) is 5. The summed E-state index contributed by atoms with van der Waals surface area (Å²) in [4.78, 5) is 16.6. The van der Waals surface area contributed by atoms with Gasteiger partial charge >= 0.3 is 0 Å². The normalized spacial score (nSPS) is 12.2. The molecule has 0 bridgehead atoms. The van der Waals surface area contributed by atoms with Crippen LogP contribution in [0.5, 0.6) is 0 Å². The van der Waals surface area contributed by atoms with Crippen LogP contribution in [-0.2, 0) is 11.3 Å². The third-order valence-electron chi connectivity index (χ3n) is 5.08. The van der Waals surface area contributed by atoms with E-state index in [9.17, 15) is 4.79 Å². The van der Waals surface area contributed by atoms with Crippen LogP contribution in [-0.4, -0.2) is 52.5 Å². The molecule has 3 aromatic rings. The first kappa shape index (κ1) is 22.1. The van der Waals surface area contributed by atoms with Gasteiger partial charge in [0, 0.05) is 12.7 Å². The molecule has 0 radical (unpaired) electrons. The largest absolute Gasteiger partial charge is 0.315 e. The Kier molecular flexibility index (Phi) is 7.65. The zero-order valence-corrected chi connectivity index (χ0v) is 18.8. The van der Waals surface area contributed by atoms with Crippen LogP contribution >= 0.6 is 11.8 Å². The summed E-state index contributed by atoms with van der Waals surface area (Å²) < 4.78 is 2.14. The summed E-state index contributed by atoms with van der Waals surface area (Å²) in [6.07, 6.45) is 0.931. The minimum Gasteiger partial charge on any atom is -0.315 e. The lowest BCUT2D eigenvalue weighted by Crippen LogP contribution is -2.28. The fourth-order valence-electron chi connectivity index (χ4n) is 3.37. The van der Waals surface area contributed by atoms with Gasteiger partial charge in [0.1, 0.15) is 0 Å². The Morgan fingerprint density at radius 1 is 1.00 bits per heavy atom. The zero-order valence-electron chi connectivity index (χ0n) is 18.0. The molecule has 1 amide bonds. The highest BCUT2D eigenvalue weighted by Gasteiger charge is 2.23. The van der Waals surface area contributed by atoms with Crippen molar-refractivity contribution in [2.45, 2.75) is 31.1 Å². The fourth-order valence-corrected chi connectivity index (χ4v) is 4.22. The van der Waals surface area contributed by atoms with E-state index < -0.39 is 0 Å². The van der Waals surface area contributed by atoms with Gasteiger partial charge < -0.3 is 9.47 Å². The predicted molar refractivity (Wildman–Crippen MR) is 123 cm³/mol. The maximum Gasteiger partial charge on any atom is 0.237 e. The first-order chi connectivity index (χ1) is 14.5. The van der Waals surface area contributed by atoms with E-state index in [-0.39, 0.29) is 11.9 Å². The molecule has 1 aromatic heterocycles. The molecular formula is C23H29N5OS. The standard InChI is InChI=1S/C23H29N5OS/c1-5-20(26(2)3)22-24-25-23(28(22)16-18-12-8-6-9-13-18)30-17-21(29)27(4)19-14-10-7-11-15-19/h6-15,20H,5,16-17H2,1-4H3/t20-/m0/s1. The van der Waals surface area contributed by atoms with Crippen LogP contribution in [0, 0.1) is 0 Å². The third-order valence-corrected chi connectivity index (χ3v) is 6.03. The van der Waals surface area contributed by atoms with Gasteiger partial charge in [-0.15, -0.1) is 10.2 Å². The Hall–Kier alpha value is -2.64. The van der Waals surface area contributed by atoms with Crippen molar-refractivity contribution in [3.8, 4) is 0 Å². The van der Waals surface area contributed by atoms with Gasteiger partial charge in [-0.25, -0.2) is 0 Å². The topological polar surface area (TPSA) is 54.3 Å². The Morgan fingerprint density at radius 2 is 1.63 bits per heavy atom. The monoisotopic (exact) mass is 423 g/mol. The molecule has 0 saturated carbocycles. The number of benzene rings is 2. The van der Waals surface area contributed by atoms with Crippen molar-refractivity contribution in [1.29, 1.82) is 0 Å². The van der Waals surface area contributed by atoms with E-state index in [0.29, 0.717) is 12.3 Å². The summed E-state index contributed by atoms with van der Waals surface area (Å²) in [5.41, 5.74) is 2.06. The first-order valence-corrected chi connectivity index (χ1v) is 11.1. The Labute approximate surface area is 182 Å². The average molecular weight is 424 g/mol. The van der Waals surface area contributed by atoms with Crippen molar-refractivity contribution in [1.82, 2.24) is 19.7 Å². The van der Waals surface area contributed by atoms with Gasteiger partial charge in [-0.05, 0) is 38.2 Å². The summed E-state index contributed by atoms with van der Waals surface area (Å²) in [6.45, 7) is 2.83. The number of amides is 1. The van der Waals surface area contributed by atoms with Gasteiger partial charge in [-0.3, -0.25) is 9.69 Å². The quantitative estimate of drug-likeness (QED) is 0.485. The highest BCUT2D eigenvalue weighted by atomic mass is 32.2. The number of anilines is 1. The second-order valence-electron chi connectivity index (χ2n) is 7.38. The summed E-state index contributed by atoms with van der Waals surface area (Å²) in [5.74, 6) is 1.26.